The molecule has 3 atom stereocenters. The van der Waals surface area contributed by atoms with Crippen LogP contribution in [0, 0.1) is 5.92 Å². The number of hydrogen-bond acceptors (Lipinski definition) is 5. The molecule has 2 fully saturated rings. The fourth-order valence-electron chi connectivity index (χ4n) is 3.42. The number of nitrogens with zero attached hydrogens (tertiary/aromatic N) is 2. The third-order valence-corrected chi connectivity index (χ3v) is 4.91. The van der Waals surface area contributed by atoms with E-state index in [9.17, 15) is 0 Å². The van der Waals surface area contributed by atoms with Gasteiger partial charge in [0.05, 0.1) is 12.1 Å². The van der Waals surface area contributed by atoms with Crippen molar-refractivity contribution in [2.24, 2.45) is 5.92 Å². The van der Waals surface area contributed by atoms with E-state index in [0.29, 0.717) is 30.2 Å². The van der Waals surface area contributed by atoms with E-state index >= 15 is 0 Å². The van der Waals surface area contributed by atoms with E-state index in [1.165, 1.54) is 0 Å². The Hall–Kier alpha value is -1.43. The minimum Gasteiger partial charge on any atom is -0.378 e. The van der Waals surface area contributed by atoms with Gasteiger partial charge in [-0.15, -0.1) is 0 Å². The van der Waals surface area contributed by atoms with E-state index in [2.05, 4.69) is 15.5 Å². The molecule has 0 spiro atoms. The van der Waals surface area contributed by atoms with Crippen LogP contribution in [0.15, 0.2) is 28.8 Å². The van der Waals surface area contributed by atoms with Gasteiger partial charge in [0.25, 0.3) is 0 Å². The molecule has 1 unspecified atom stereocenters. The molecule has 1 aromatic heterocycles. The maximum absolute atomic E-state index is 6.19. The number of piperidine rings is 1. The van der Waals surface area contributed by atoms with E-state index in [-0.39, 0.29) is 6.04 Å². The third kappa shape index (κ3) is 2.64. The molecule has 0 saturated carbocycles. The van der Waals surface area contributed by atoms with Crippen molar-refractivity contribution >= 4 is 11.6 Å². The van der Waals surface area contributed by atoms with Crippen molar-refractivity contribution in [1.82, 2.24) is 15.5 Å². The van der Waals surface area contributed by atoms with Crippen molar-refractivity contribution < 1.29 is 9.26 Å². The summed E-state index contributed by atoms with van der Waals surface area (Å²) in [6, 6.07) is 7.85. The van der Waals surface area contributed by atoms with Gasteiger partial charge in [0.15, 0.2) is 5.82 Å². The second-order valence-corrected chi connectivity index (χ2v) is 6.31. The lowest BCUT2D eigenvalue weighted by atomic mass is 9.87. The molecule has 116 valence electrons. The predicted octanol–water partition coefficient (Wildman–Crippen LogP) is 2.75. The predicted molar refractivity (Wildman–Crippen MR) is 81.8 cm³/mol. The Kier molecular flexibility index (Phi) is 3.86. The highest BCUT2D eigenvalue weighted by molar-refractivity contribution is 6.31. The van der Waals surface area contributed by atoms with E-state index in [4.69, 9.17) is 20.9 Å². The number of benzene rings is 1. The smallest absolute Gasteiger partial charge is 0.244 e. The maximum Gasteiger partial charge on any atom is 0.244 e. The lowest BCUT2D eigenvalue weighted by Gasteiger charge is -2.31. The van der Waals surface area contributed by atoms with Gasteiger partial charge in [0.2, 0.25) is 5.89 Å². The van der Waals surface area contributed by atoms with Gasteiger partial charge in [-0.25, -0.2) is 0 Å². The first kappa shape index (κ1) is 14.2. The first-order valence-corrected chi connectivity index (χ1v) is 8.10. The molecule has 2 aromatic rings. The Morgan fingerprint density at radius 3 is 3.09 bits per heavy atom. The second-order valence-electron chi connectivity index (χ2n) is 5.90. The molecule has 1 N–H and O–H groups in total. The van der Waals surface area contributed by atoms with Crippen molar-refractivity contribution in [3.8, 4) is 0 Å². The van der Waals surface area contributed by atoms with Crippen LogP contribution < -0.4 is 5.32 Å². The summed E-state index contributed by atoms with van der Waals surface area (Å²) in [5.41, 5.74) is 1.01. The molecule has 2 aliphatic rings. The summed E-state index contributed by atoms with van der Waals surface area (Å²) in [6.07, 6.45) is 3.01. The van der Waals surface area contributed by atoms with Gasteiger partial charge in [-0.05, 0) is 31.0 Å². The monoisotopic (exact) mass is 319 g/mol. The Morgan fingerprint density at radius 1 is 1.27 bits per heavy atom. The van der Waals surface area contributed by atoms with E-state index < -0.39 is 0 Å². The van der Waals surface area contributed by atoms with Crippen molar-refractivity contribution in [1.29, 1.82) is 0 Å². The van der Waals surface area contributed by atoms with Crippen molar-refractivity contribution in [2.75, 3.05) is 13.2 Å². The zero-order valence-corrected chi connectivity index (χ0v) is 12.9. The Balaban J connectivity index is 1.53. The largest absolute Gasteiger partial charge is 0.378 e. The Labute approximate surface area is 134 Å². The highest BCUT2D eigenvalue weighted by Gasteiger charge is 2.40. The SMILES string of the molecule is Clc1ccccc1Cc1noc(C2NCC[C@@H]3OCC[C@H]23)n1. The molecule has 5 nitrogen and oxygen atoms in total. The minimum atomic E-state index is 0.105. The van der Waals surface area contributed by atoms with Crippen LogP contribution in [-0.4, -0.2) is 29.4 Å². The molecule has 0 aliphatic carbocycles. The normalized spacial score (nSPS) is 27.8. The molecule has 0 radical (unpaired) electrons. The van der Waals surface area contributed by atoms with Gasteiger partial charge in [0, 0.05) is 24.0 Å². The average Bonchev–Trinajstić information content (AvgIpc) is 3.18. The van der Waals surface area contributed by atoms with Gasteiger partial charge in [0.1, 0.15) is 0 Å². The Bertz CT molecular complexity index is 660. The molecule has 2 saturated heterocycles. The highest BCUT2D eigenvalue weighted by Crippen LogP contribution is 2.37. The summed E-state index contributed by atoms with van der Waals surface area (Å²) >= 11 is 6.19. The molecule has 0 amide bonds. The lowest BCUT2D eigenvalue weighted by molar-refractivity contribution is 0.0505. The molecule has 4 rings (SSSR count). The standard InChI is InChI=1S/C16H18ClN3O2/c17-12-4-2-1-3-10(12)9-14-19-16(22-20-14)15-11-6-8-21-13(11)5-7-18-15/h1-4,11,13,15,18H,5-9H2/t11-,13-,15?/m0/s1. The lowest BCUT2D eigenvalue weighted by Crippen LogP contribution is -2.40. The molecular weight excluding hydrogens is 302 g/mol. The van der Waals surface area contributed by atoms with Crippen LogP contribution in [0.3, 0.4) is 0 Å². The van der Waals surface area contributed by atoms with E-state index in [0.717, 1.165) is 36.6 Å². The molecule has 22 heavy (non-hydrogen) atoms. The number of ether oxygens (including phenoxy) is 1. The Morgan fingerprint density at radius 2 is 2.18 bits per heavy atom. The van der Waals surface area contributed by atoms with Crippen LogP contribution in [0.25, 0.3) is 0 Å². The average molecular weight is 320 g/mol. The molecule has 2 aliphatic heterocycles. The topological polar surface area (TPSA) is 60.2 Å². The molecule has 6 heteroatoms. The van der Waals surface area contributed by atoms with E-state index in [1.54, 1.807) is 0 Å². The first-order valence-electron chi connectivity index (χ1n) is 7.72. The number of hydrogen-bond donors (Lipinski definition) is 1. The summed E-state index contributed by atoms with van der Waals surface area (Å²) in [4.78, 5) is 4.58. The van der Waals surface area contributed by atoms with Gasteiger partial charge in [-0.3, -0.25) is 0 Å². The summed E-state index contributed by atoms with van der Waals surface area (Å²) < 4.78 is 11.3. The second kappa shape index (κ2) is 5.99. The van der Waals surface area contributed by atoms with Crippen molar-refractivity contribution in [3.63, 3.8) is 0 Å². The van der Waals surface area contributed by atoms with Crippen molar-refractivity contribution in [3.05, 3.63) is 46.6 Å². The zero-order valence-electron chi connectivity index (χ0n) is 12.2. The van der Waals surface area contributed by atoms with Crippen LogP contribution in [0.1, 0.15) is 36.2 Å². The van der Waals surface area contributed by atoms with Gasteiger partial charge >= 0.3 is 0 Å². The van der Waals surface area contributed by atoms with Crippen LogP contribution in [0.5, 0.6) is 0 Å². The highest BCUT2D eigenvalue weighted by atomic mass is 35.5. The molecule has 0 bridgehead atoms. The quantitative estimate of drug-likeness (QED) is 0.942. The first-order chi connectivity index (χ1) is 10.8. The number of fused-ring (bicyclic) bond motifs is 1. The van der Waals surface area contributed by atoms with E-state index in [1.807, 2.05) is 24.3 Å². The summed E-state index contributed by atoms with van der Waals surface area (Å²) in [7, 11) is 0. The summed E-state index contributed by atoms with van der Waals surface area (Å²) in [5.74, 6) is 1.77. The van der Waals surface area contributed by atoms with Crippen molar-refractivity contribution in [2.45, 2.75) is 31.4 Å². The van der Waals surface area contributed by atoms with Gasteiger partial charge in [-0.2, -0.15) is 4.98 Å². The molecule has 3 heterocycles. The fraction of sp³-hybridized carbons (Fsp3) is 0.500. The van der Waals surface area contributed by atoms with Crippen LogP contribution >= 0.6 is 11.6 Å². The number of halogens is 1. The fourth-order valence-corrected chi connectivity index (χ4v) is 3.63. The van der Waals surface area contributed by atoms with Crippen LogP contribution in [0.4, 0.5) is 0 Å². The number of aromatic nitrogens is 2. The molecular formula is C16H18ClN3O2. The maximum atomic E-state index is 6.19. The van der Waals surface area contributed by atoms with Crippen LogP contribution in [0.2, 0.25) is 5.02 Å². The third-order valence-electron chi connectivity index (χ3n) is 4.54. The van der Waals surface area contributed by atoms with Gasteiger partial charge in [-0.1, -0.05) is 35.0 Å². The molecule has 1 aromatic carbocycles. The summed E-state index contributed by atoms with van der Waals surface area (Å²) in [6.45, 7) is 1.75. The zero-order chi connectivity index (χ0) is 14.9. The summed E-state index contributed by atoms with van der Waals surface area (Å²) in [5, 5.41) is 8.34. The van der Waals surface area contributed by atoms with Crippen LogP contribution in [-0.2, 0) is 11.2 Å². The number of rotatable bonds is 3. The number of nitrogens with one attached hydrogen (secondary N) is 1. The minimum absolute atomic E-state index is 0.105. The van der Waals surface area contributed by atoms with Gasteiger partial charge < -0.3 is 14.6 Å².